The molecular weight excluding hydrogens is 428 g/mol. The van der Waals surface area contributed by atoms with Crippen LogP contribution < -0.4 is 0 Å². The van der Waals surface area contributed by atoms with Crippen LogP contribution in [-0.4, -0.2) is 89.3 Å². The molecule has 0 amide bonds. The molecule has 6 aliphatic rings. The van der Waals surface area contributed by atoms with Crippen molar-refractivity contribution in [2.45, 2.75) is 100.0 Å². The van der Waals surface area contributed by atoms with E-state index in [0.717, 1.165) is 0 Å². The molecule has 6 heterocycles. The maximum absolute atomic E-state index is 11.2. The van der Waals surface area contributed by atoms with Gasteiger partial charge in [-0.1, -0.05) is 0 Å². The molecule has 11 nitrogen and oxygen atoms in total. The Bertz CT molecular complexity index is 694. The van der Waals surface area contributed by atoms with E-state index in [-0.39, 0.29) is 6.10 Å². The largest absolute Gasteiger partial charge is 0.455 e. The van der Waals surface area contributed by atoms with Crippen molar-refractivity contribution in [3.8, 4) is 0 Å². The van der Waals surface area contributed by atoms with Gasteiger partial charge in [-0.25, -0.2) is 4.79 Å². The Labute approximate surface area is 176 Å². The van der Waals surface area contributed by atoms with Crippen molar-refractivity contribution in [2.24, 2.45) is 0 Å². The predicted molar refractivity (Wildman–Crippen MR) is 92.8 cm³/mol. The summed E-state index contributed by atoms with van der Waals surface area (Å²) in [5.74, 6) is -2.53. The quantitative estimate of drug-likeness (QED) is 0.380. The van der Waals surface area contributed by atoms with Gasteiger partial charge in [0.25, 0.3) is 0 Å². The zero-order valence-corrected chi connectivity index (χ0v) is 17.4. The van der Waals surface area contributed by atoms with E-state index >= 15 is 0 Å². The van der Waals surface area contributed by atoms with Crippen molar-refractivity contribution in [2.75, 3.05) is 0 Å². The number of halogens is 1. The van der Waals surface area contributed by atoms with Gasteiger partial charge in [0.2, 0.25) is 0 Å². The van der Waals surface area contributed by atoms with Crippen molar-refractivity contribution >= 4 is 23.5 Å². The van der Waals surface area contributed by atoms with Crippen molar-refractivity contribution in [1.82, 2.24) is 0 Å². The van der Waals surface area contributed by atoms with Crippen LogP contribution in [0.5, 0.6) is 0 Å². The third-order valence-corrected chi connectivity index (χ3v) is 6.05. The molecule has 0 aromatic rings. The Morgan fingerprint density at radius 3 is 1.73 bits per heavy atom. The summed E-state index contributed by atoms with van der Waals surface area (Å²) in [4.78, 5) is 22.3. The maximum atomic E-state index is 11.2. The van der Waals surface area contributed by atoms with Crippen LogP contribution in [0.2, 0.25) is 0 Å². The van der Waals surface area contributed by atoms with E-state index in [1.165, 1.54) is 0 Å². The first-order valence-electron chi connectivity index (χ1n) is 9.71. The minimum absolute atomic E-state index is 0.363. The number of rotatable bonds is 0. The first-order chi connectivity index (χ1) is 14.0. The third kappa shape index (κ3) is 3.23. The van der Waals surface area contributed by atoms with Crippen LogP contribution >= 0.6 is 11.6 Å². The second-order valence-electron chi connectivity index (χ2n) is 8.79. The second-order valence-corrected chi connectivity index (χ2v) is 9.26. The van der Waals surface area contributed by atoms with Crippen LogP contribution in [0.1, 0.15) is 27.7 Å². The van der Waals surface area contributed by atoms with Gasteiger partial charge in [0.15, 0.2) is 60.1 Å². The Kier molecular flexibility index (Phi) is 4.67. The number of aliphatic hydroxyl groups is 1. The second kappa shape index (κ2) is 6.72. The highest BCUT2D eigenvalue weighted by Crippen LogP contribution is 2.44. The molecule has 0 spiro atoms. The Morgan fingerprint density at radius 1 is 0.700 bits per heavy atom. The van der Waals surface area contributed by atoms with Gasteiger partial charge in [-0.05, 0) is 27.7 Å². The van der Waals surface area contributed by atoms with Gasteiger partial charge in [0.1, 0.15) is 12.2 Å². The van der Waals surface area contributed by atoms with E-state index in [4.69, 9.17) is 49.5 Å². The summed E-state index contributed by atoms with van der Waals surface area (Å²) in [7, 11) is 0. The van der Waals surface area contributed by atoms with Gasteiger partial charge in [-0.2, -0.15) is 0 Å². The number of hydrogen-bond donors (Lipinski definition) is 1. The van der Waals surface area contributed by atoms with Crippen LogP contribution in [0.4, 0.5) is 0 Å². The Morgan fingerprint density at radius 2 is 1.17 bits per heavy atom. The maximum Gasteiger partial charge on any atom is 0.338 e. The summed E-state index contributed by atoms with van der Waals surface area (Å²) >= 11 is 5.84. The standard InChI is InChI=1S/C9H11ClO5.C9H12O6/c2*1-9(2)14-6-5-4(13-8(6)15-9)3(10)7(11)12-5/h3-6,8H,1-2H3;3-6,8,10H,1-2H3/t3-,4-,5+,6?,8-;3-,4+,5-,6?,8+/m10/s1. The molecule has 6 aliphatic heterocycles. The fourth-order valence-corrected chi connectivity index (χ4v) is 4.69. The molecule has 0 bridgehead atoms. The van der Waals surface area contributed by atoms with Crippen molar-refractivity contribution in [1.29, 1.82) is 0 Å². The van der Waals surface area contributed by atoms with E-state index in [2.05, 4.69) is 0 Å². The normalized spacial score (nSPS) is 51.4. The lowest BCUT2D eigenvalue weighted by Gasteiger charge is -2.20. The molecule has 0 aliphatic carbocycles. The molecular formula is C18H23ClO11. The zero-order valence-electron chi connectivity index (χ0n) is 16.7. The van der Waals surface area contributed by atoms with Crippen LogP contribution in [0.15, 0.2) is 0 Å². The molecule has 0 aromatic carbocycles. The SMILES string of the molecule is CC1(C)OC2[C@H](O[C@@H]3[C@H](O)C(=O)O[C@H]23)O1.CC1(C)OC2[C@H](O[C@H]3[C@@H]2OC(=O)[C@@H]3Cl)O1. The Hall–Kier alpha value is -1.05. The lowest BCUT2D eigenvalue weighted by Crippen LogP contribution is -2.35. The number of fused-ring (bicyclic) bond motifs is 6. The average molecular weight is 451 g/mol. The highest BCUT2D eigenvalue weighted by atomic mass is 35.5. The summed E-state index contributed by atoms with van der Waals surface area (Å²) in [6.07, 6.45) is -5.18. The molecule has 30 heavy (non-hydrogen) atoms. The Balaban J connectivity index is 0.000000128. The van der Waals surface area contributed by atoms with E-state index in [1.54, 1.807) is 27.7 Å². The summed E-state index contributed by atoms with van der Waals surface area (Å²) in [5, 5.41) is 8.69. The average Bonchev–Trinajstić information content (AvgIpc) is 3.40. The molecule has 0 radical (unpaired) electrons. The first kappa shape index (κ1) is 20.8. The minimum atomic E-state index is -1.23. The van der Waals surface area contributed by atoms with Crippen LogP contribution in [-0.2, 0) is 47.5 Å². The van der Waals surface area contributed by atoms with Crippen molar-refractivity contribution in [3.05, 3.63) is 0 Å². The molecule has 2 unspecified atom stereocenters. The van der Waals surface area contributed by atoms with Gasteiger partial charge in [-0.15, -0.1) is 11.6 Å². The minimum Gasteiger partial charge on any atom is -0.455 e. The molecule has 10 atom stereocenters. The first-order valence-corrected chi connectivity index (χ1v) is 10.1. The molecule has 6 saturated heterocycles. The third-order valence-electron chi connectivity index (χ3n) is 5.62. The topological polar surface area (TPSA) is 128 Å². The highest BCUT2D eigenvalue weighted by molar-refractivity contribution is 6.31. The monoisotopic (exact) mass is 450 g/mol. The number of hydrogen-bond acceptors (Lipinski definition) is 11. The summed E-state index contributed by atoms with van der Waals surface area (Å²) in [6, 6.07) is 0. The van der Waals surface area contributed by atoms with Gasteiger partial charge < -0.3 is 43.0 Å². The molecule has 0 saturated carbocycles. The highest BCUT2D eigenvalue weighted by Gasteiger charge is 2.63. The molecule has 6 fully saturated rings. The van der Waals surface area contributed by atoms with E-state index in [1.807, 2.05) is 0 Å². The number of esters is 2. The molecule has 6 rings (SSSR count). The number of alkyl halides is 1. The van der Waals surface area contributed by atoms with Crippen molar-refractivity contribution in [3.63, 3.8) is 0 Å². The summed E-state index contributed by atoms with van der Waals surface area (Å²) < 4.78 is 43.1. The van der Waals surface area contributed by atoms with Gasteiger partial charge in [0, 0.05) is 0 Å². The molecule has 0 aromatic heterocycles. The lowest BCUT2D eigenvalue weighted by atomic mass is 10.1. The van der Waals surface area contributed by atoms with Crippen LogP contribution in [0, 0.1) is 0 Å². The van der Waals surface area contributed by atoms with Crippen molar-refractivity contribution < 1.29 is 52.6 Å². The number of carbonyl (C=O) groups excluding carboxylic acids is 2. The summed E-state index contributed by atoms with van der Waals surface area (Å²) in [6.45, 7) is 7.10. The predicted octanol–water partition coefficient (Wildman–Crippen LogP) is -0.455. The van der Waals surface area contributed by atoms with Crippen LogP contribution in [0.25, 0.3) is 0 Å². The number of ether oxygens (including phenoxy) is 8. The van der Waals surface area contributed by atoms with Gasteiger partial charge in [-0.3, -0.25) is 4.79 Å². The zero-order chi connectivity index (χ0) is 21.6. The van der Waals surface area contributed by atoms with Crippen LogP contribution in [0.3, 0.4) is 0 Å². The van der Waals surface area contributed by atoms with Gasteiger partial charge >= 0.3 is 11.9 Å². The van der Waals surface area contributed by atoms with E-state index < -0.39 is 78.1 Å². The van der Waals surface area contributed by atoms with E-state index in [9.17, 15) is 14.7 Å². The molecule has 12 heteroatoms. The van der Waals surface area contributed by atoms with E-state index in [0.29, 0.717) is 0 Å². The smallest absolute Gasteiger partial charge is 0.338 e. The lowest BCUT2D eigenvalue weighted by molar-refractivity contribution is -0.214. The fourth-order valence-electron chi connectivity index (χ4n) is 4.44. The number of aliphatic hydroxyl groups excluding tert-OH is 1. The molecule has 168 valence electrons. The summed E-state index contributed by atoms with van der Waals surface area (Å²) in [5.41, 5.74) is 0. The fraction of sp³-hybridized carbons (Fsp3) is 0.889. The van der Waals surface area contributed by atoms with Gasteiger partial charge in [0.05, 0.1) is 0 Å². The number of carbonyl (C=O) groups is 2. The molecule has 1 N–H and O–H groups in total.